The number of benzene rings is 1. The van der Waals surface area contributed by atoms with Crippen molar-refractivity contribution in [3.8, 4) is 17.3 Å². The molecule has 0 aliphatic rings. The molecule has 0 saturated heterocycles. The lowest BCUT2D eigenvalue weighted by Crippen LogP contribution is -2.15. The Balaban J connectivity index is 2.78. The number of H-pyrrole nitrogens is 1. The summed E-state index contributed by atoms with van der Waals surface area (Å²) < 4.78 is 52.6. The normalized spacial score (nSPS) is 11.3. The van der Waals surface area contributed by atoms with Gasteiger partial charge in [0.15, 0.2) is 5.16 Å². The summed E-state index contributed by atoms with van der Waals surface area (Å²) in [6, 6.07) is 2.88. The smallest absolute Gasteiger partial charge is 0.300 e. The third kappa shape index (κ3) is 3.22. The molecule has 120 valence electrons. The topological polar surface area (TPSA) is 69.5 Å². The molecule has 0 amide bonds. The molecular weight excluding hydrogens is 334 g/mol. The van der Waals surface area contributed by atoms with Gasteiger partial charge in [0.2, 0.25) is 0 Å². The van der Waals surface area contributed by atoms with Crippen LogP contribution < -0.4 is 5.56 Å². The Kier molecular flexibility index (Phi) is 4.47. The number of halogens is 4. The van der Waals surface area contributed by atoms with Crippen molar-refractivity contribution in [3.05, 3.63) is 45.0 Å². The van der Waals surface area contributed by atoms with Gasteiger partial charge in [-0.3, -0.25) is 4.79 Å². The summed E-state index contributed by atoms with van der Waals surface area (Å²) in [5.41, 5.74) is -3.19. The van der Waals surface area contributed by atoms with Gasteiger partial charge in [-0.2, -0.15) is 18.4 Å². The highest BCUT2D eigenvalue weighted by Gasteiger charge is 2.34. The molecule has 1 heterocycles. The summed E-state index contributed by atoms with van der Waals surface area (Å²) in [6.45, 7) is 1.17. The van der Waals surface area contributed by atoms with E-state index in [4.69, 9.17) is 5.26 Å². The van der Waals surface area contributed by atoms with Gasteiger partial charge >= 0.3 is 6.18 Å². The van der Waals surface area contributed by atoms with Crippen molar-refractivity contribution in [2.24, 2.45) is 0 Å². The second-order valence-electron chi connectivity index (χ2n) is 4.56. The molecule has 4 nitrogen and oxygen atoms in total. The number of aromatic amines is 1. The first-order valence-corrected chi connectivity index (χ1v) is 7.37. The van der Waals surface area contributed by atoms with E-state index >= 15 is 0 Å². The lowest BCUT2D eigenvalue weighted by molar-refractivity contribution is -0.138. The van der Waals surface area contributed by atoms with E-state index in [1.54, 1.807) is 12.3 Å². The van der Waals surface area contributed by atoms with Gasteiger partial charge in [-0.25, -0.2) is 9.37 Å². The highest BCUT2D eigenvalue weighted by molar-refractivity contribution is 7.98. The zero-order valence-corrected chi connectivity index (χ0v) is 12.7. The quantitative estimate of drug-likeness (QED) is 0.515. The van der Waals surface area contributed by atoms with Crippen LogP contribution >= 0.6 is 11.8 Å². The van der Waals surface area contributed by atoms with Gasteiger partial charge in [-0.05, 0) is 30.9 Å². The van der Waals surface area contributed by atoms with E-state index in [0.717, 1.165) is 17.8 Å². The van der Waals surface area contributed by atoms with Crippen LogP contribution in [0.5, 0.6) is 0 Å². The van der Waals surface area contributed by atoms with Crippen molar-refractivity contribution >= 4 is 11.8 Å². The van der Waals surface area contributed by atoms with Crippen LogP contribution in [0, 0.1) is 24.1 Å². The highest BCUT2D eigenvalue weighted by atomic mass is 32.2. The molecule has 0 atom stereocenters. The van der Waals surface area contributed by atoms with Crippen molar-refractivity contribution in [1.82, 2.24) is 9.97 Å². The number of nitrogens with zero attached hydrogens (tertiary/aromatic N) is 2. The molecule has 0 fully saturated rings. The first-order valence-electron chi connectivity index (χ1n) is 6.15. The molecule has 9 heteroatoms. The third-order valence-corrected chi connectivity index (χ3v) is 3.66. The summed E-state index contributed by atoms with van der Waals surface area (Å²) in [4.78, 5) is 18.1. The maximum Gasteiger partial charge on any atom is 0.416 e. The van der Waals surface area contributed by atoms with Crippen LogP contribution in [0.4, 0.5) is 17.6 Å². The Bertz CT molecular complexity index is 868. The number of rotatable bonds is 2. The molecule has 0 aliphatic carbocycles. The van der Waals surface area contributed by atoms with Crippen LogP contribution in [0.15, 0.2) is 22.1 Å². The molecule has 2 aromatic rings. The number of hydrogen-bond acceptors (Lipinski definition) is 4. The second kappa shape index (κ2) is 6.04. The van der Waals surface area contributed by atoms with E-state index in [1.165, 1.54) is 6.92 Å². The predicted octanol–water partition coefficient (Wildman–Crippen LogP) is 3.50. The second-order valence-corrected chi connectivity index (χ2v) is 5.35. The van der Waals surface area contributed by atoms with Crippen LogP contribution in [0.25, 0.3) is 11.3 Å². The molecule has 0 spiro atoms. The van der Waals surface area contributed by atoms with Gasteiger partial charge in [-0.1, -0.05) is 11.8 Å². The van der Waals surface area contributed by atoms with Crippen LogP contribution in [-0.2, 0) is 6.18 Å². The Morgan fingerprint density at radius 1 is 1.35 bits per heavy atom. The minimum Gasteiger partial charge on any atom is -0.300 e. The summed E-state index contributed by atoms with van der Waals surface area (Å²) in [5, 5.41) is 9.17. The van der Waals surface area contributed by atoms with Crippen LogP contribution in [0.2, 0.25) is 0 Å². The molecular formula is C14H9F4N3OS. The van der Waals surface area contributed by atoms with Gasteiger partial charge in [0.1, 0.15) is 17.4 Å². The first-order chi connectivity index (χ1) is 10.7. The number of nitriles is 1. The van der Waals surface area contributed by atoms with E-state index in [-0.39, 0.29) is 22.0 Å². The molecule has 0 bridgehead atoms. The number of aromatic nitrogens is 2. The van der Waals surface area contributed by atoms with E-state index in [2.05, 4.69) is 9.97 Å². The fourth-order valence-electron chi connectivity index (χ4n) is 2.02. The van der Waals surface area contributed by atoms with Crippen molar-refractivity contribution in [2.75, 3.05) is 6.26 Å². The predicted molar refractivity (Wildman–Crippen MR) is 76.5 cm³/mol. The Labute approximate surface area is 132 Å². The van der Waals surface area contributed by atoms with Crippen LogP contribution in [-0.4, -0.2) is 16.2 Å². The van der Waals surface area contributed by atoms with Gasteiger partial charge < -0.3 is 4.98 Å². The van der Waals surface area contributed by atoms with Crippen molar-refractivity contribution in [3.63, 3.8) is 0 Å². The van der Waals surface area contributed by atoms with E-state index in [0.29, 0.717) is 6.07 Å². The van der Waals surface area contributed by atoms with Crippen LogP contribution in [0.3, 0.4) is 0 Å². The number of thioether (sulfide) groups is 1. The average molecular weight is 343 g/mol. The van der Waals surface area contributed by atoms with Gasteiger partial charge in [0.05, 0.1) is 11.3 Å². The Hall–Kier alpha value is -2.34. The Morgan fingerprint density at radius 2 is 2.00 bits per heavy atom. The van der Waals surface area contributed by atoms with Crippen molar-refractivity contribution in [1.29, 1.82) is 5.26 Å². The lowest BCUT2D eigenvalue weighted by Gasteiger charge is -2.13. The molecule has 1 aromatic carbocycles. The van der Waals surface area contributed by atoms with Crippen molar-refractivity contribution in [2.45, 2.75) is 18.3 Å². The minimum absolute atomic E-state index is 0.126. The summed E-state index contributed by atoms with van der Waals surface area (Å²) in [7, 11) is 0. The van der Waals surface area contributed by atoms with E-state index < -0.39 is 28.7 Å². The zero-order chi connectivity index (χ0) is 17.4. The maximum absolute atomic E-state index is 14.2. The van der Waals surface area contributed by atoms with Gasteiger partial charge in [0, 0.05) is 5.56 Å². The fraction of sp³-hybridized carbons (Fsp3) is 0.214. The lowest BCUT2D eigenvalue weighted by atomic mass is 10.00. The molecule has 0 saturated carbocycles. The van der Waals surface area contributed by atoms with E-state index in [1.807, 2.05) is 0 Å². The molecule has 1 aromatic heterocycles. The van der Waals surface area contributed by atoms with Gasteiger partial charge in [0.25, 0.3) is 5.56 Å². The molecule has 0 aliphatic heterocycles. The number of aryl methyl sites for hydroxylation is 1. The SMILES string of the molecule is CSc1nc(-c2cc(C)c(C(F)(F)F)cc2F)c(C#N)c(=O)[nH]1. The summed E-state index contributed by atoms with van der Waals surface area (Å²) >= 11 is 1.05. The molecule has 23 heavy (non-hydrogen) atoms. The summed E-state index contributed by atoms with van der Waals surface area (Å²) in [5.74, 6) is -1.20. The van der Waals surface area contributed by atoms with Crippen molar-refractivity contribution < 1.29 is 17.6 Å². The molecule has 0 radical (unpaired) electrons. The first kappa shape index (κ1) is 17.0. The average Bonchev–Trinajstić information content (AvgIpc) is 2.47. The van der Waals surface area contributed by atoms with Crippen LogP contribution in [0.1, 0.15) is 16.7 Å². The molecule has 0 unspecified atom stereocenters. The third-order valence-electron chi connectivity index (χ3n) is 3.08. The number of hydrogen-bond donors (Lipinski definition) is 1. The number of nitrogens with one attached hydrogen (secondary N) is 1. The molecule has 2 rings (SSSR count). The Morgan fingerprint density at radius 3 is 2.52 bits per heavy atom. The standard InChI is InChI=1S/C14H9F4N3OS/c1-6-3-7(10(15)4-9(6)14(16,17)18)11-8(5-19)12(22)21-13(20-11)23-2/h3-4H,1-2H3,(H,20,21,22). The minimum atomic E-state index is -4.70. The highest BCUT2D eigenvalue weighted by Crippen LogP contribution is 2.35. The molecule has 1 N–H and O–H groups in total. The summed E-state index contributed by atoms with van der Waals surface area (Å²) in [6.07, 6.45) is -3.10. The largest absolute Gasteiger partial charge is 0.416 e. The number of alkyl halides is 3. The monoisotopic (exact) mass is 343 g/mol. The maximum atomic E-state index is 14.2. The van der Waals surface area contributed by atoms with Gasteiger partial charge in [-0.15, -0.1) is 0 Å². The zero-order valence-electron chi connectivity index (χ0n) is 11.9. The van der Waals surface area contributed by atoms with E-state index in [9.17, 15) is 22.4 Å². The fourth-order valence-corrected chi connectivity index (χ4v) is 2.39.